The first-order chi connectivity index (χ1) is 16.1. The number of hydrogen-bond donors (Lipinski definition) is 1. The molecular weight excluding hydrogens is 418 g/mol. The van der Waals surface area contributed by atoms with E-state index in [1.54, 1.807) is 20.3 Å². The van der Waals surface area contributed by atoms with Crippen LogP contribution in [0.25, 0.3) is 0 Å². The van der Waals surface area contributed by atoms with Crippen LogP contribution >= 0.6 is 0 Å². The Morgan fingerprint density at radius 3 is 2.45 bits per heavy atom. The van der Waals surface area contributed by atoms with Crippen molar-refractivity contribution in [2.45, 2.75) is 13.0 Å². The Hall–Kier alpha value is -4.13. The summed E-state index contributed by atoms with van der Waals surface area (Å²) >= 11 is 0. The Morgan fingerprint density at radius 1 is 0.970 bits per heavy atom. The predicted octanol–water partition coefficient (Wildman–Crippen LogP) is 3.88. The fourth-order valence-corrected chi connectivity index (χ4v) is 3.71. The zero-order valence-corrected chi connectivity index (χ0v) is 18.6. The van der Waals surface area contributed by atoms with Crippen molar-refractivity contribution in [3.8, 4) is 11.5 Å². The number of fused-ring (bicyclic) bond motifs is 1. The molecular formula is C26H25N3O4. The summed E-state index contributed by atoms with van der Waals surface area (Å²) in [6, 6.07) is 22.4. The Morgan fingerprint density at radius 2 is 1.70 bits per heavy atom. The number of ether oxygens (including phenoxy) is 2. The van der Waals surface area contributed by atoms with Crippen LogP contribution in [0, 0.1) is 0 Å². The number of amides is 2. The van der Waals surface area contributed by atoms with E-state index < -0.39 is 0 Å². The molecule has 168 valence electrons. The van der Waals surface area contributed by atoms with Crippen LogP contribution in [0.1, 0.15) is 17.5 Å². The molecule has 0 saturated carbocycles. The molecule has 0 aliphatic carbocycles. The zero-order chi connectivity index (χ0) is 23.2. The van der Waals surface area contributed by atoms with E-state index in [1.807, 2.05) is 66.7 Å². The van der Waals surface area contributed by atoms with Gasteiger partial charge in [0.25, 0.3) is 0 Å². The summed E-state index contributed by atoms with van der Waals surface area (Å²) in [5.74, 6) is 0.764. The molecule has 1 aliphatic rings. The van der Waals surface area contributed by atoms with E-state index in [4.69, 9.17) is 14.5 Å². The van der Waals surface area contributed by atoms with Crippen molar-refractivity contribution in [1.82, 2.24) is 5.32 Å². The molecule has 3 aromatic carbocycles. The quantitative estimate of drug-likeness (QED) is 0.601. The van der Waals surface area contributed by atoms with Gasteiger partial charge in [-0.05, 0) is 35.4 Å². The lowest BCUT2D eigenvalue weighted by molar-refractivity contribution is -0.123. The van der Waals surface area contributed by atoms with Crippen molar-refractivity contribution < 1.29 is 19.1 Å². The molecule has 4 rings (SSSR count). The molecule has 0 atom stereocenters. The molecule has 0 saturated heterocycles. The summed E-state index contributed by atoms with van der Waals surface area (Å²) in [5, 5.41) is 2.88. The van der Waals surface area contributed by atoms with Gasteiger partial charge in [-0.15, -0.1) is 0 Å². The molecule has 0 fully saturated rings. The van der Waals surface area contributed by atoms with Gasteiger partial charge >= 0.3 is 0 Å². The van der Waals surface area contributed by atoms with Gasteiger partial charge in [-0.25, -0.2) is 0 Å². The van der Waals surface area contributed by atoms with Gasteiger partial charge in [0.2, 0.25) is 11.8 Å². The number of anilines is 1. The minimum Gasteiger partial charge on any atom is -0.493 e. The maximum absolute atomic E-state index is 13.2. The summed E-state index contributed by atoms with van der Waals surface area (Å²) in [4.78, 5) is 32.2. The summed E-state index contributed by atoms with van der Waals surface area (Å²) in [6.07, 6.45) is 0.113. The molecule has 3 aromatic rings. The summed E-state index contributed by atoms with van der Waals surface area (Å²) in [7, 11) is 3.14. The van der Waals surface area contributed by atoms with Gasteiger partial charge in [0, 0.05) is 6.54 Å². The largest absolute Gasteiger partial charge is 0.493 e. The van der Waals surface area contributed by atoms with Crippen LogP contribution in [0.5, 0.6) is 11.5 Å². The Bertz CT molecular complexity index is 1190. The Balaban J connectivity index is 1.49. The van der Waals surface area contributed by atoms with E-state index >= 15 is 0 Å². The third kappa shape index (κ3) is 5.03. The van der Waals surface area contributed by atoms with Gasteiger partial charge in [-0.2, -0.15) is 0 Å². The number of methoxy groups -OCH3 is 2. The normalized spacial score (nSPS) is 13.0. The molecule has 2 amide bonds. The van der Waals surface area contributed by atoms with Crippen molar-refractivity contribution in [2.24, 2.45) is 4.99 Å². The van der Waals surface area contributed by atoms with E-state index in [-0.39, 0.29) is 24.8 Å². The molecule has 1 N–H and O–H groups in total. The highest BCUT2D eigenvalue weighted by atomic mass is 16.5. The maximum atomic E-state index is 13.2. The highest BCUT2D eigenvalue weighted by molar-refractivity contribution is 6.18. The zero-order valence-electron chi connectivity index (χ0n) is 18.6. The molecule has 1 heterocycles. The second kappa shape index (κ2) is 9.99. The first-order valence-corrected chi connectivity index (χ1v) is 10.6. The number of carbonyl (C=O) groups is 2. The predicted molar refractivity (Wildman–Crippen MR) is 127 cm³/mol. The standard InChI is InChI=1S/C26H25N3O4/c1-32-23-13-12-18(14-24(23)33-2)16-27-25(30)17-29-22-11-7-6-10-20(22)28-21(15-26(29)31)19-8-4-3-5-9-19/h3-14H,15-17H2,1-2H3,(H,27,30). The number of nitrogens with zero attached hydrogens (tertiary/aromatic N) is 2. The van der Waals surface area contributed by atoms with Crippen molar-refractivity contribution in [3.63, 3.8) is 0 Å². The molecule has 33 heavy (non-hydrogen) atoms. The highest BCUT2D eigenvalue weighted by Gasteiger charge is 2.26. The molecule has 7 nitrogen and oxygen atoms in total. The number of nitrogens with one attached hydrogen (secondary N) is 1. The lowest BCUT2D eigenvalue weighted by Gasteiger charge is -2.22. The van der Waals surface area contributed by atoms with Crippen molar-refractivity contribution in [3.05, 3.63) is 83.9 Å². The summed E-state index contributed by atoms with van der Waals surface area (Å²) in [5.41, 5.74) is 3.71. The van der Waals surface area contributed by atoms with Crippen LogP contribution in [-0.2, 0) is 16.1 Å². The average molecular weight is 444 g/mol. The second-order valence-electron chi connectivity index (χ2n) is 7.54. The van der Waals surface area contributed by atoms with Gasteiger partial charge in [0.1, 0.15) is 6.54 Å². The number of carbonyl (C=O) groups excluding carboxylic acids is 2. The van der Waals surface area contributed by atoms with Crippen LogP contribution in [0.15, 0.2) is 77.8 Å². The fraction of sp³-hybridized carbons (Fsp3) is 0.192. The van der Waals surface area contributed by atoms with Gasteiger partial charge in [-0.3, -0.25) is 14.6 Å². The first kappa shape index (κ1) is 22.1. The number of benzene rings is 3. The molecule has 7 heteroatoms. The third-order valence-corrected chi connectivity index (χ3v) is 5.39. The van der Waals surface area contributed by atoms with Crippen molar-refractivity contribution in [2.75, 3.05) is 25.7 Å². The smallest absolute Gasteiger partial charge is 0.240 e. The monoisotopic (exact) mass is 443 g/mol. The topological polar surface area (TPSA) is 80.2 Å². The van der Waals surface area contributed by atoms with Gasteiger partial charge < -0.3 is 19.7 Å². The lowest BCUT2D eigenvalue weighted by Crippen LogP contribution is -2.41. The Labute approximate surface area is 192 Å². The first-order valence-electron chi connectivity index (χ1n) is 10.6. The summed E-state index contributed by atoms with van der Waals surface area (Å²) in [6.45, 7) is 0.204. The molecule has 0 aromatic heterocycles. The van der Waals surface area contributed by atoms with E-state index in [9.17, 15) is 9.59 Å². The Kier molecular flexibility index (Phi) is 6.69. The van der Waals surface area contributed by atoms with E-state index in [1.165, 1.54) is 4.90 Å². The number of hydrogen-bond acceptors (Lipinski definition) is 5. The van der Waals surface area contributed by atoms with Gasteiger partial charge in [-0.1, -0.05) is 48.5 Å². The maximum Gasteiger partial charge on any atom is 0.240 e. The van der Waals surface area contributed by atoms with Crippen LogP contribution in [0.3, 0.4) is 0 Å². The number of aliphatic imine (C=N–C) groups is 1. The fourth-order valence-electron chi connectivity index (χ4n) is 3.71. The number of rotatable bonds is 7. The molecule has 0 radical (unpaired) electrons. The third-order valence-electron chi connectivity index (χ3n) is 5.39. The molecule has 0 bridgehead atoms. The molecule has 0 spiro atoms. The van der Waals surface area contributed by atoms with Crippen molar-refractivity contribution in [1.29, 1.82) is 0 Å². The van der Waals surface area contributed by atoms with Crippen LogP contribution in [0.4, 0.5) is 11.4 Å². The van der Waals surface area contributed by atoms with E-state index in [2.05, 4.69) is 5.32 Å². The molecule has 1 aliphatic heterocycles. The minimum absolute atomic E-state index is 0.0965. The SMILES string of the molecule is COc1ccc(CNC(=O)CN2C(=O)CC(c3ccccc3)=Nc3ccccc32)cc1OC. The average Bonchev–Trinajstić information content (AvgIpc) is 2.99. The second-order valence-corrected chi connectivity index (χ2v) is 7.54. The van der Waals surface area contributed by atoms with Crippen molar-refractivity contribution >= 4 is 28.9 Å². The van der Waals surface area contributed by atoms with Crippen LogP contribution < -0.4 is 19.7 Å². The lowest BCUT2D eigenvalue weighted by atomic mass is 10.1. The van der Waals surface area contributed by atoms with E-state index in [0.717, 1.165) is 11.1 Å². The van der Waals surface area contributed by atoms with Gasteiger partial charge in [0.15, 0.2) is 11.5 Å². The molecule has 0 unspecified atom stereocenters. The minimum atomic E-state index is -0.268. The highest BCUT2D eigenvalue weighted by Crippen LogP contribution is 2.33. The van der Waals surface area contributed by atoms with E-state index in [0.29, 0.717) is 35.1 Å². The van der Waals surface area contributed by atoms with Crippen LogP contribution in [0.2, 0.25) is 0 Å². The number of para-hydroxylation sites is 2. The summed E-state index contributed by atoms with van der Waals surface area (Å²) < 4.78 is 10.6. The van der Waals surface area contributed by atoms with Crippen LogP contribution in [-0.4, -0.2) is 38.3 Å². The van der Waals surface area contributed by atoms with Gasteiger partial charge in [0.05, 0.1) is 37.7 Å².